The lowest BCUT2D eigenvalue weighted by Crippen LogP contribution is -2.21. The van der Waals surface area contributed by atoms with Crippen LogP contribution in [0, 0.1) is 5.41 Å². The van der Waals surface area contributed by atoms with Gasteiger partial charge in [-0.2, -0.15) is 0 Å². The van der Waals surface area contributed by atoms with E-state index in [0.717, 1.165) is 19.3 Å². The molecule has 0 unspecified atom stereocenters. The number of hydrogen-bond donors (Lipinski definition) is 0. The van der Waals surface area contributed by atoms with Gasteiger partial charge in [0.15, 0.2) is 0 Å². The fourth-order valence-electron chi connectivity index (χ4n) is 2.73. The summed E-state index contributed by atoms with van der Waals surface area (Å²) >= 11 is 0. The maximum absolute atomic E-state index is 12.0. The van der Waals surface area contributed by atoms with Crippen molar-refractivity contribution in [3.05, 3.63) is 48.2 Å². The van der Waals surface area contributed by atoms with Crippen molar-refractivity contribution in [1.82, 2.24) is 0 Å². The predicted molar refractivity (Wildman–Crippen MR) is 72.2 cm³/mol. The van der Waals surface area contributed by atoms with Crippen LogP contribution in [0.15, 0.2) is 42.7 Å². The average molecular weight is 244 g/mol. The van der Waals surface area contributed by atoms with Gasteiger partial charge in [0.05, 0.1) is 5.56 Å². The van der Waals surface area contributed by atoms with E-state index < -0.39 is 0 Å². The van der Waals surface area contributed by atoms with Crippen molar-refractivity contribution >= 4 is 5.97 Å². The minimum atomic E-state index is -0.291. The van der Waals surface area contributed by atoms with Crippen molar-refractivity contribution in [3.8, 4) is 0 Å². The highest BCUT2D eigenvalue weighted by atomic mass is 16.5. The second kappa shape index (κ2) is 5.38. The van der Waals surface area contributed by atoms with Gasteiger partial charge in [0.2, 0.25) is 0 Å². The quantitative estimate of drug-likeness (QED) is 0.582. The lowest BCUT2D eigenvalue weighted by atomic mass is 9.82. The minimum Gasteiger partial charge on any atom is -0.428 e. The Balaban J connectivity index is 2.05. The van der Waals surface area contributed by atoms with Gasteiger partial charge in [0.25, 0.3) is 0 Å². The van der Waals surface area contributed by atoms with Gasteiger partial charge < -0.3 is 4.74 Å². The first kappa shape index (κ1) is 12.9. The van der Waals surface area contributed by atoms with Gasteiger partial charge in [0.1, 0.15) is 5.76 Å². The maximum Gasteiger partial charge on any atom is 0.343 e. The van der Waals surface area contributed by atoms with Crippen LogP contribution < -0.4 is 0 Å². The molecule has 2 rings (SSSR count). The van der Waals surface area contributed by atoms with Crippen LogP contribution in [0.25, 0.3) is 0 Å². The predicted octanol–water partition coefficient (Wildman–Crippen LogP) is 4.33. The van der Waals surface area contributed by atoms with Crippen LogP contribution in [-0.2, 0) is 4.74 Å². The fraction of sp³-hybridized carbons (Fsp3) is 0.438. The van der Waals surface area contributed by atoms with E-state index in [-0.39, 0.29) is 11.4 Å². The van der Waals surface area contributed by atoms with Gasteiger partial charge in [0, 0.05) is 5.41 Å². The van der Waals surface area contributed by atoms with E-state index >= 15 is 0 Å². The molecule has 1 aliphatic rings. The maximum atomic E-state index is 12.0. The van der Waals surface area contributed by atoms with E-state index in [9.17, 15) is 4.79 Å². The van der Waals surface area contributed by atoms with Crippen molar-refractivity contribution in [2.24, 2.45) is 5.41 Å². The Hall–Kier alpha value is -1.57. The van der Waals surface area contributed by atoms with Gasteiger partial charge in [-0.15, -0.1) is 0 Å². The summed E-state index contributed by atoms with van der Waals surface area (Å²) in [5, 5.41) is 0. The van der Waals surface area contributed by atoms with Gasteiger partial charge in [-0.1, -0.05) is 44.5 Å². The summed E-state index contributed by atoms with van der Waals surface area (Å²) in [5.41, 5.74) is 0.604. The zero-order valence-electron chi connectivity index (χ0n) is 10.9. The first-order valence-corrected chi connectivity index (χ1v) is 6.64. The van der Waals surface area contributed by atoms with E-state index in [1.54, 1.807) is 12.1 Å². The van der Waals surface area contributed by atoms with Gasteiger partial charge in [-0.3, -0.25) is 0 Å². The zero-order chi connectivity index (χ0) is 13.0. The molecule has 1 fully saturated rings. The lowest BCUT2D eigenvalue weighted by Gasteiger charge is -2.28. The molecular weight excluding hydrogens is 224 g/mol. The smallest absolute Gasteiger partial charge is 0.343 e. The van der Waals surface area contributed by atoms with Crippen LogP contribution in [0.4, 0.5) is 0 Å². The molecule has 1 aliphatic carbocycles. The van der Waals surface area contributed by atoms with Crippen LogP contribution in [-0.4, -0.2) is 5.97 Å². The van der Waals surface area contributed by atoms with Gasteiger partial charge >= 0.3 is 5.97 Å². The molecule has 0 spiro atoms. The third kappa shape index (κ3) is 2.47. The average Bonchev–Trinajstić information content (AvgIpc) is 2.89. The van der Waals surface area contributed by atoms with E-state index in [1.165, 1.54) is 12.8 Å². The van der Waals surface area contributed by atoms with E-state index in [4.69, 9.17) is 4.74 Å². The standard InChI is InChI=1S/C16H20O2/c1-3-16(11-7-8-12-16)13(2)18-15(17)14-9-5-4-6-10-14/h4-6,9-10H,2-3,7-8,11-12H2,1H3. The van der Waals surface area contributed by atoms with Crippen LogP contribution in [0.1, 0.15) is 49.4 Å². The Labute approximate surface area is 109 Å². The van der Waals surface area contributed by atoms with Crippen molar-refractivity contribution in [3.63, 3.8) is 0 Å². The summed E-state index contributed by atoms with van der Waals surface area (Å²) in [6.45, 7) is 6.15. The highest BCUT2D eigenvalue weighted by Crippen LogP contribution is 2.46. The summed E-state index contributed by atoms with van der Waals surface area (Å²) in [6, 6.07) is 9.09. The number of hydrogen-bond acceptors (Lipinski definition) is 2. The van der Waals surface area contributed by atoms with E-state index in [2.05, 4.69) is 13.5 Å². The highest BCUT2D eigenvalue weighted by Gasteiger charge is 2.37. The number of carbonyl (C=O) groups is 1. The molecule has 0 saturated heterocycles. The minimum absolute atomic E-state index is 0.0183. The zero-order valence-corrected chi connectivity index (χ0v) is 10.9. The van der Waals surface area contributed by atoms with Crippen molar-refractivity contribution in [1.29, 1.82) is 0 Å². The highest BCUT2D eigenvalue weighted by molar-refractivity contribution is 5.90. The molecule has 96 valence electrons. The Bertz CT molecular complexity index is 428. The molecule has 1 aromatic rings. The lowest BCUT2D eigenvalue weighted by molar-refractivity contribution is 0.0524. The Morgan fingerprint density at radius 3 is 2.44 bits per heavy atom. The number of benzene rings is 1. The fourth-order valence-corrected chi connectivity index (χ4v) is 2.73. The Morgan fingerprint density at radius 2 is 1.89 bits per heavy atom. The van der Waals surface area contributed by atoms with Crippen LogP contribution in [0.2, 0.25) is 0 Å². The molecule has 0 bridgehead atoms. The first-order valence-electron chi connectivity index (χ1n) is 6.64. The Kier molecular flexibility index (Phi) is 3.85. The topological polar surface area (TPSA) is 26.3 Å². The summed E-state index contributed by atoms with van der Waals surface area (Å²) in [4.78, 5) is 12.0. The van der Waals surface area contributed by atoms with Crippen LogP contribution >= 0.6 is 0 Å². The molecule has 0 heterocycles. The molecule has 18 heavy (non-hydrogen) atoms. The van der Waals surface area contributed by atoms with E-state index in [0.29, 0.717) is 11.3 Å². The summed E-state index contributed by atoms with van der Waals surface area (Å²) in [6.07, 6.45) is 5.58. The second-order valence-corrected chi connectivity index (χ2v) is 5.02. The molecule has 1 aromatic carbocycles. The molecule has 0 atom stereocenters. The summed E-state index contributed by atoms with van der Waals surface area (Å²) < 4.78 is 5.48. The molecule has 1 saturated carbocycles. The molecule has 2 heteroatoms. The summed E-state index contributed by atoms with van der Waals surface area (Å²) in [7, 11) is 0. The van der Waals surface area contributed by atoms with Crippen molar-refractivity contribution in [2.75, 3.05) is 0 Å². The molecule has 0 aliphatic heterocycles. The van der Waals surface area contributed by atoms with Crippen molar-refractivity contribution in [2.45, 2.75) is 39.0 Å². The molecule has 0 radical (unpaired) electrons. The normalized spacial score (nSPS) is 17.4. The molecule has 0 aromatic heterocycles. The summed E-state index contributed by atoms with van der Waals surface area (Å²) in [5.74, 6) is 0.358. The first-order chi connectivity index (χ1) is 8.68. The SMILES string of the molecule is C=C(OC(=O)c1ccccc1)C1(CC)CCCC1. The third-order valence-corrected chi connectivity index (χ3v) is 4.05. The third-order valence-electron chi connectivity index (χ3n) is 4.05. The van der Waals surface area contributed by atoms with Crippen molar-refractivity contribution < 1.29 is 9.53 Å². The number of rotatable bonds is 4. The molecule has 0 amide bonds. The van der Waals surface area contributed by atoms with Gasteiger partial charge in [-0.25, -0.2) is 4.79 Å². The van der Waals surface area contributed by atoms with E-state index in [1.807, 2.05) is 18.2 Å². The molecule has 2 nitrogen and oxygen atoms in total. The van der Waals surface area contributed by atoms with Crippen LogP contribution in [0.3, 0.4) is 0 Å². The second-order valence-electron chi connectivity index (χ2n) is 5.02. The monoisotopic (exact) mass is 244 g/mol. The molecular formula is C16H20O2. The molecule has 0 N–H and O–H groups in total. The number of ether oxygens (including phenoxy) is 1. The largest absolute Gasteiger partial charge is 0.428 e. The number of esters is 1. The number of allylic oxidation sites excluding steroid dienone is 1. The Morgan fingerprint density at radius 1 is 1.28 bits per heavy atom. The number of carbonyl (C=O) groups excluding carboxylic acids is 1. The van der Waals surface area contributed by atoms with Crippen LogP contribution in [0.5, 0.6) is 0 Å². The van der Waals surface area contributed by atoms with Gasteiger partial charge in [-0.05, 0) is 31.4 Å².